The van der Waals surface area contributed by atoms with Crippen LogP contribution in [0.15, 0.2) is 54.0 Å². The Bertz CT molecular complexity index is 1290. The van der Waals surface area contributed by atoms with Gasteiger partial charge >= 0.3 is 5.97 Å². The van der Waals surface area contributed by atoms with Crippen molar-refractivity contribution in [3.8, 4) is 0 Å². The van der Waals surface area contributed by atoms with Crippen LogP contribution in [0.1, 0.15) is 21.5 Å². The number of fused-ring (bicyclic) bond motifs is 1. The van der Waals surface area contributed by atoms with E-state index in [0.29, 0.717) is 44.5 Å². The van der Waals surface area contributed by atoms with Gasteiger partial charge in [0.25, 0.3) is 0 Å². The normalized spacial score (nSPS) is 11.9. The van der Waals surface area contributed by atoms with Gasteiger partial charge in [-0.15, -0.1) is 0 Å². The maximum absolute atomic E-state index is 11.4. The average Bonchev–Trinajstić information content (AvgIpc) is 3.18. The number of aromatic carboxylic acids is 1. The van der Waals surface area contributed by atoms with E-state index in [1.54, 1.807) is 56.0 Å². The third-order valence-corrected chi connectivity index (χ3v) is 5.29. The lowest BCUT2D eigenvalue weighted by Crippen LogP contribution is -2.15. The van der Waals surface area contributed by atoms with Crippen LogP contribution < -0.4 is 5.49 Å². The highest BCUT2D eigenvalue weighted by Crippen LogP contribution is 2.26. The Morgan fingerprint density at radius 3 is 2.62 bits per heavy atom. The van der Waals surface area contributed by atoms with E-state index >= 15 is 0 Å². The molecule has 0 amide bonds. The van der Waals surface area contributed by atoms with Crippen LogP contribution in [-0.2, 0) is 6.54 Å². The molecule has 0 aliphatic carbocycles. The fourth-order valence-electron chi connectivity index (χ4n) is 3.06. The minimum absolute atomic E-state index is 0.200. The molecule has 4 rings (SSSR count). The van der Waals surface area contributed by atoms with Gasteiger partial charge < -0.3 is 14.7 Å². The molecule has 2 heterocycles. The van der Waals surface area contributed by atoms with Crippen LogP contribution in [-0.4, -0.2) is 30.6 Å². The van der Waals surface area contributed by atoms with Gasteiger partial charge in [-0.1, -0.05) is 35.3 Å². The van der Waals surface area contributed by atoms with Gasteiger partial charge in [-0.3, -0.25) is 0 Å². The monoisotopic (exact) mass is 427 g/mol. The second kappa shape index (κ2) is 7.69. The van der Waals surface area contributed by atoms with Crippen LogP contribution in [0, 0.1) is 6.92 Å². The summed E-state index contributed by atoms with van der Waals surface area (Å²) in [6.45, 7) is 2.11. The molecule has 29 heavy (non-hydrogen) atoms. The van der Waals surface area contributed by atoms with Crippen LogP contribution in [0.3, 0.4) is 0 Å². The van der Waals surface area contributed by atoms with Crippen molar-refractivity contribution in [2.24, 2.45) is 4.99 Å². The van der Waals surface area contributed by atoms with Gasteiger partial charge in [0, 0.05) is 15.6 Å². The number of hydrogen-bond acceptors (Lipinski definition) is 4. The van der Waals surface area contributed by atoms with Crippen LogP contribution in [0.4, 0.5) is 5.69 Å². The van der Waals surface area contributed by atoms with Crippen LogP contribution in [0.2, 0.25) is 10.0 Å². The highest BCUT2D eigenvalue weighted by Gasteiger charge is 2.12. The topological polar surface area (TPSA) is 96.2 Å². The van der Waals surface area contributed by atoms with E-state index in [2.05, 4.69) is 19.9 Å². The Balaban J connectivity index is 1.83. The first-order valence-electron chi connectivity index (χ1n) is 8.64. The smallest absolute Gasteiger partial charge is 0.336 e. The fourth-order valence-corrected chi connectivity index (χ4v) is 3.57. The van der Waals surface area contributed by atoms with E-state index < -0.39 is 5.97 Å². The summed E-state index contributed by atoms with van der Waals surface area (Å²) in [5.41, 5.74) is 3.71. The molecule has 2 N–H and O–H groups in total. The maximum atomic E-state index is 11.4. The molecule has 0 bridgehead atoms. The molecule has 4 aromatic rings. The number of carboxylic acids is 1. The third kappa shape index (κ3) is 3.62. The molecule has 0 unspecified atom stereocenters. The molecule has 0 saturated carbocycles. The number of halogens is 2. The van der Waals surface area contributed by atoms with E-state index in [1.165, 1.54) is 0 Å². The SMILES string of the molecule is Cc1c(N=c2ncn(Cc3c(Cl)cccc3Cl)c3nc[nH]c23)cccc1C(=O)O. The van der Waals surface area contributed by atoms with Crippen molar-refractivity contribution in [1.29, 1.82) is 0 Å². The van der Waals surface area contributed by atoms with Gasteiger partial charge in [0.15, 0.2) is 11.1 Å². The van der Waals surface area contributed by atoms with Gasteiger partial charge in [0.05, 0.1) is 30.5 Å². The zero-order valence-corrected chi connectivity index (χ0v) is 16.7. The van der Waals surface area contributed by atoms with Crippen LogP contribution in [0.25, 0.3) is 11.2 Å². The minimum atomic E-state index is -0.998. The van der Waals surface area contributed by atoms with Crippen molar-refractivity contribution < 1.29 is 9.90 Å². The molecule has 0 fully saturated rings. The lowest BCUT2D eigenvalue weighted by atomic mass is 10.1. The molecule has 2 aromatic heterocycles. The van der Waals surface area contributed by atoms with Crippen molar-refractivity contribution in [3.05, 3.63) is 81.3 Å². The lowest BCUT2D eigenvalue weighted by molar-refractivity contribution is 0.0696. The summed E-state index contributed by atoms with van der Waals surface area (Å²) >= 11 is 12.6. The first-order chi connectivity index (χ1) is 14.0. The van der Waals surface area contributed by atoms with Crippen molar-refractivity contribution in [1.82, 2.24) is 19.5 Å². The van der Waals surface area contributed by atoms with E-state index in [9.17, 15) is 9.90 Å². The van der Waals surface area contributed by atoms with E-state index in [1.807, 2.05) is 4.57 Å². The fraction of sp³-hybridized carbons (Fsp3) is 0.100. The van der Waals surface area contributed by atoms with Crippen molar-refractivity contribution in [2.75, 3.05) is 0 Å². The molecule has 0 spiro atoms. The van der Waals surface area contributed by atoms with Crippen LogP contribution >= 0.6 is 23.2 Å². The molecule has 146 valence electrons. The Hall–Kier alpha value is -3.16. The van der Waals surface area contributed by atoms with Gasteiger partial charge in [0.2, 0.25) is 0 Å². The summed E-state index contributed by atoms with van der Waals surface area (Å²) in [5, 5.41) is 10.4. The summed E-state index contributed by atoms with van der Waals surface area (Å²) in [7, 11) is 0. The molecule has 2 aromatic carbocycles. The molecule has 9 heteroatoms. The van der Waals surface area contributed by atoms with Crippen LogP contribution in [0.5, 0.6) is 0 Å². The number of carboxylic acid groups (broad SMARTS) is 1. The summed E-state index contributed by atoms with van der Waals surface area (Å²) in [6, 6.07) is 10.3. The van der Waals surface area contributed by atoms with Gasteiger partial charge in [-0.05, 0) is 36.8 Å². The number of aromatic amines is 1. The largest absolute Gasteiger partial charge is 0.478 e. The number of carbonyl (C=O) groups is 1. The number of nitrogens with one attached hydrogen (secondary N) is 1. The summed E-state index contributed by atoms with van der Waals surface area (Å²) in [6.07, 6.45) is 3.16. The molecule has 7 nitrogen and oxygen atoms in total. The first-order valence-corrected chi connectivity index (χ1v) is 9.40. The van der Waals surface area contributed by atoms with E-state index in [4.69, 9.17) is 23.2 Å². The molecule has 0 saturated heterocycles. The van der Waals surface area contributed by atoms with Crippen molar-refractivity contribution >= 4 is 46.0 Å². The van der Waals surface area contributed by atoms with Gasteiger partial charge in [0.1, 0.15) is 5.52 Å². The number of aromatic nitrogens is 4. The number of imidazole rings is 1. The number of rotatable bonds is 4. The molecule has 0 atom stereocenters. The highest BCUT2D eigenvalue weighted by atomic mass is 35.5. The summed E-state index contributed by atoms with van der Waals surface area (Å²) < 4.78 is 1.82. The molecule has 0 aliphatic heterocycles. The Kier molecular flexibility index (Phi) is 5.08. The summed E-state index contributed by atoms with van der Waals surface area (Å²) in [4.78, 5) is 27.8. The molecule has 0 radical (unpaired) electrons. The quantitative estimate of drug-likeness (QED) is 0.505. The second-order valence-corrected chi connectivity index (χ2v) is 7.18. The highest BCUT2D eigenvalue weighted by molar-refractivity contribution is 6.36. The standard InChI is InChI=1S/C20H15Cl2N5O2/c1-11-12(20(28)29)4-2-7-16(11)26-18-17-19(24-9-23-17)27(10-25-18)8-13-14(21)5-3-6-15(13)22/h2-7,9-10H,8H2,1H3,(H,23,24)(H,28,29). The molecule has 0 aliphatic rings. The predicted molar refractivity (Wildman–Crippen MR) is 111 cm³/mol. The second-order valence-electron chi connectivity index (χ2n) is 6.36. The Morgan fingerprint density at radius 2 is 1.90 bits per heavy atom. The van der Waals surface area contributed by atoms with Crippen molar-refractivity contribution in [2.45, 2.75) is 13.5 Å². The first kappa shape index (κ1) is 19.2. The number of H-pyrrole nitrogens is 1. The zero-order valence-electron chi connectivity index (χ0n) is 15.2. The number of benzene rings is 2. The zero-order chi connectivity index (χ0) is 20.5. The third-order valence-electron chi connectivity index (χ3n) is 4.59. The van der Waals surface area contributed by atoms with Crippen molar-refractivity contribution in [3.63, 3.8) is 0 Å². The minimum Gasteiger partial charge on any atom is -0.478 e. The molecular weight excluding hydrogens is 413 g/mol. The Morgan fingerprint density at radius 1 is 1.17 bits per heavy atom. The van der Waals surface area contributed by atoms with Gasteiger partial charge in [-0.25, -0.2) is 19.8 Å². The number of nitrogens with zero attached hydrogens (tertiary/aromatic N) is 4. The van der Waals surface area contributed by atoms with Gasteiger partial charge in [-0.2, -0.15) is 0 Å². The van der Waals surface area contributed by atoms with E-state index in [-0.39, 0.29) is 5.56 Å². The lowest BCUT2D eigenvalue weighted by Gasteiger charge is -2.10. The predicted octanol–water partition coefficient (Wildman–Crippen LogP) is 4.35. The summed E-state index contributed by atoms with van der Waals surface area (Å²) in [5.74, 6) is -0.998. The average molecular weight is 428 g/mol. The maximum Gasteiger partial charge on any atom is 0.336 e. The Labute approximate surface area is 175 Å². The number of hydrogen-bond donors (Lipinski definition) is 2. The molecular formula is C20H15Cl2N5O2. The van der Waals surface area contributed by atoms with E-state index in [0.717, 1.165) is 5.56 Å².